The Morgan fingerprint density at radius 3 is 2.77 bits per heavy atom. The van der Waals surface area contributed by atoms with Crippen LogP contribution in [0, 0.1) is 5.92 Å². The molecule has 2 rings (SSSR count). The monoisotopic (exact) mass is 363 g/mol. The van der Waals surface area contributed by atoms with Crippen LogP contribution in [0.2, 0.25) is 0 Å². The van der Waals surface area contributed by atoms with Gasteiger partial charge in [-0.2, -0.15) is 0 Å². The molecule has 2 amide bonds. The van der Waals surface area contributed by atoms with Crippen molar-refractivity contribution < 1.29 is 19.1 Å². The highest BCUT2D eigenvalue weighted by molar-refractivity contribution is 5.98. The maximum absolute atomic E-state index is 12.9. The third kappa shape index (κ3) is 5.19. The number of rotatable bonds is 2. The van der Waals surface area contributed by atoms with E-state index in [2.05, 4.69) is 17.6 Å². The van der Waals surface area contributed by atoms with Crippen molar-refractivity contribution in [2.24, 2.45) is 5.92 Å². The van der Waals surface area contributed by atoms with E-state index >= 15 is 0 Å². The number of ether oxygens (including phenoxy) is 2. The minimum Gasteiger partial charge on any atom is -0.491 e. The van der Waals surface area contributed by atoms with Crippen LogP contribution in [0.4, 0.5) is 5.69 Å². The van der Waals surface area contributed by atoms with Gasteiger partial charge in [-0.3, -0.25) is 9.59 Å². The first-order valence-electron chi connectivity index (χ1n) is 8.88. The minimum atomic E-state index is -0.173. The standard InChI is InChI=1S/C19H29N3O4/c1-12-9-20-13(2)11-26-17-8-15(21-14(3)23)6-7-16(17)19(24)22(4)10-18(12)25-5/h6-8,12-13,18,20H,9-11H2,1-5H3,(H,21,23)/t12-,13-,18+/m1/s1. The molecule has 0 aliphatic carbocycles. The number of likely N-dealkylation sites (N-methyl/N-ethyl adjacent to an activating group) is 1. The summed E-state index contributed by atoms with van der Waals surface area (Å²) in [6, 6.07) is 5.20. The molecular weight excluding hydrogens is 334 g/mol. The van der Waals surface area contributed by atoms with Gasteiger partial charge in [0.05, 0.1) is 11.7 Å². The summed E-state index contributed by atoms with van der Waals surface area (Å²) >= 11 is 0. The van der Waals surface area contributed by atoms with Gasteiger partial charge in [-0.15, -0.1) is 0 Å². The van der Waals surface area contributed by atoms with E-state index in [4.69, 9.17) is 9.47 Å². The van der Waals surface area contributed by atoms with Crippen molar-refractivity contribution in [2.75, 3.05) is 39.2 Å². The van der Waals surface area contributed by atoms with Crippen LogP contribution in [0.15, 0.2) is 18.2 Å². The van der Waals surface area contributed by atoms with Gasteiger partial charge in [0.25, 0.3) is 5.91 Å². The van der Waals surface area contributed by atoms with E-state index in [9.17, 15) is 9.59 Å². The molecule has 1 heterocycles. The molecule has 1 aromatic rings. The SMILES string of the molecule is CO[C@H]1CN(C)C(=O)c2ccc(NC(C)=O)cc2OC[C@@H](C)NC[C@H]1C. The number of nitrogens with one attached hydrogen (secondary N) is 2. The fourth-order valence-corrected chi connectivity index (χ4v) is 2.94. The first-order chi connectivity index (χ1) is 12.3. The molecule has 7 heteroatoms. The summed E-state index contributed by atoms with van der Waals surface area (Å²) in [6.07, 6.45) is -0.0638. The van der Waals surface area contributed by atoms with Crippen LogP contribution in [0.5, 0.6) is 5.75 Å². The average Bonchev–Trinajstić information content (AvgIpc) is 2.60. The number of fused-ring (bicyclic) bond motifs is 1. The van der Waals surface area contributed by atoms with Crippen LogP contribution >= 0.6 is 0 Å². The number of benzene rings is 1. The lowest BCUT2D eigenvalue weighted by atomic mass is 10.0. The lowest BCUT2D eigenvalue weighted by molar-refractivity contribution is -0.114. The van der Waals surface area contributed by atoms with E-state index < -0.39 is 0 Å². The summed E-state index contributed by atoms with van der Waals surface area (Å²) in [7, 11) is 3.43. The molecule has 2 N–H and O–H groups in total. The van der Waals surface area contributed by atoms with E-state index in [0.29, 0.717) is 30.2 Å². The molecule has 0 saturated heterocycles. The zero-order valence-electron chi connectivity index (χ0n) is 16.2. The summed E-state index contributed by atoms with van der Waals surface area (Å²) in [6.45, 7) is 7.25. The van der Waals surface area contributed by atoms with Gasteiger partial charge in [0.2, 0.25) is 5.91 Å². The predicted molar refractivity (Wildman–Crippen MR) is 101 cm³/mol. The van der Waals surface area contributed by atoms with Crippen molar-refractivity contribution in [1.82, 2.24) is 10.2 Å². The number of amides is 2. The van der Waals surface area contributed by atoms with E-state index in [0.717, 1.165) is 6.54 Å². The zero-order chi connectivity index (χ0) is 19.3. The molecule has 7 nitrogen and oxygen atoms in total. The first-order valence-corrected chi connectivity index (χ1v) is 8.88. The minimum absolute atomic E-state index is 0.0638. The molecule has 0 unspecified atom stereocenters. The van der Waals surface area contributed by atoms with Crippen molar-refractivity contribution in [3.63, 3.8) is 0 Å². The molecule has 0 radical (unpaired) electrons. The zero-order valence-corrected chi connectivity index (χ0v) is 16.2. The number of nitrogens with zero attached hydrogens (tertiary/aromatic N) is 1. The molecule has 0 bridgehead atoms. The molecule has 1 aliphatic heterocycles. The van der Waals surface area contributed by atoms with Gasteiger partial charge in [-0.05, 0) is 25.0 Å². The summed E-state index contributed by atoms with van der Waals surface area (Å²) in [5.41, 5.74) is 1.07. The Morgan fingerprint density at radius 1 is 1.38 bits per heavy atom. The fourth-order valence-electron chi connectivity index (χ4n) is 2.94. The first kappa shape index (κ1) is 20.2. The summed E-state index contributed by atoms with van der Waals surface area (Å²) in [5.74, 6) is 0.404. The maximum Gasteiger partial charge on any atom is 0.257 e. The summed E-state index contributed by atoms with van der Waals surface area (Å²) in [4.78, 5) is 25.9. The van der Waals surface area contributed by atoms with Gasteiger partial charge >= 0.3 is 0 Å². The number of methoxy groups -OCH3 is 1. The smallest absolute Gasteiger partial charge is 0.257 e. The van der Waals surface area contributed by atoms with Crippen LogP contribution in [-0.4, -0.2) is 62.7 Å². The number of hydrogen-bond donors (Lipinski definition) is 2. The molecule has 3 atom stereocenters. The molecule has 0 fully saturated rings. The van der Waals surface area contributed by atoms with Crippen LogP contribution in [0.3, 0.4) is 0 Å². The Bertz CT molecular complexity index is 650. The normalized spacial score (nSPS) is 24.7. The molecule has 1 aliphatic rings. The quantitative estimate of drug-likeness (QED) is 0.837. The molecule has 0 aromatic heterocycles. The highest BCUT2D eigenvalue weighted by Gasteiger charge is 2.25. The average molecular weight is 363 g/mol. The maximum atomic E-state index is 12.9. The van der Waals surface area contributed by atoms with Crippen LogP contribution < -0.4 is 15.4 Å². The lowest BCUT2D eigenvalue weighted by Gasteiger charge is -2.30. The number of hydrogen-bond acceptors (Lipinski definition) is 5. The van der Waals surface area contributed by atoms with Crippen molar-refractivity contribution in [1.29, 1.82) is 0 Å². The Hall–Kier alpha value is -2.12. The lowest BCUT2D eigenvalue weighted by Crippen LogP contribution is -2.44. The van der Waals surface area contributed by atoms with Crippen molar-refractivity contribution in [3.8, 4) is 5.75 Å². The Labute approximate surface area is 155 Å². The largest absolute Gasteiger partial charge is 0.491 e. The molecule has 1 aromatic carbocycles. The Balaban J connectivity index is 2.35. The topological polar surface area (TPSA) is 79.9 Å². The molecule has 0 saturated carbocycles. The molecule has 144 valence electrons. The predicted octanol–water partition coefficient (Wildman–Crippen LogP) is 1.74. The summed E-state index contributed by atoms with van der Waals surface area (Å²) < 4.78 is 11.5. The van der Waals surface area contributed by atoms with Gasteiger partial charge < -0.3 is 25.0 Å². The van der Waals surface area contributed by atoms with E-state index in [-0.39, 0.29) is 29.9 Å². The van der Waals surface area contributed by atoms with Crippen molar-refractivity contribution in [2.45, 2.75) is 32.9 Å². The van der Waals surface area contributed by atoms with Crippen LogP contribution in [0.25, 0.3) is 0 Å². The second kappa shape index (κ2) is 9.00. The highest BCUT2D eigenvalue weighted by Crippen LogP contribution is 2.26. The van der Waals surface area contributed by atoms with Crippen molar-refractivity contribution in [3.05, 3.63) is 23.8 Å². The third-order valence-corrected chi connectivity index (χ3v) is 4.55. The molecular formula is C19H29N3O4. The third-order valence-electron chi connectivity index (χ3n) is 4.55. The van der Waals surface area contributed by atoms with Crippen LogP contribution in [-0.2, 0) is 9.53 Å². The van der Waals surface area contributed by atoms with Gasteiger partial charge in [0.15, 0.2) is 0 Å². The van der Waals surface area contributed by atoms with Crippen molar-refractivity contribution >= 4 is 17.5 Å². The van der Waals surface area contributed by atoms with Crippen LogP contribution in [0.1, 0.15) is 31.1 Å². The van der Waals surface area contributed by atoms with E-state index in [1.165, 1.54) is 6.92 Å². The van der Waals surface area contributed by atoms with E-state index in [1.807, 2.05) is 6.92 Å². The highest BCUT2D eigenvalue weighted by atomic mass is 16.5. The van der Waals surface area contributed by atoms with Gasteiger partial charge in [0.1, 0.15) is 12.4 Å². The second-order valence-corrected chi connectivity index (χ2v) is 6.95. The van der Waals surface area contributed by atoms with Gasteiger partial charge in [-0.25, -0.2) is 0 Å². The Kier molecular flexibility index (Phi) is 6.99. The summed E-state index contributed by atoms with van der Waals surface area (Å²) in [5, 5.41) is 6.16. The van der Waals surface area contributed by atoms with Gasteiger partial charge in [0, 0.05) is 52.0 Å². The molecule has 26 heavy (non-hydrogen) atoms. The number of anilines is 1. The second-order valence-electron chi connectivity index (χ2n) is 6.95. The Morgan fingerprint density at radius 2 is 2.12 bits per heavy atom. The van der Waals surface area contributed by atoms with E-state index in [1.54, 1.807) is 37.3 Å². The van der Waals surface area contributed by atoms with Gasteiger partial charge in [-0.1, -0.05) is 6.92 Å². The number of carbonyl (C=O) groups is 2. The fraction of sp³-hybridized carbons (Fsp3) is 0.579. The molecule has 0 spiro atoms. The number of carbonyl (C=O) groups excluding carboxylic acids is 2.